The number of esters is 1. The second-order valence-corrected chi connectivity index (χ2v) is 7.95. The molecule has 5 rings (SSSR count). The molecule has 7 nitrogen and oxygen atoms in total. The highest BCUT2D eigenvalue weighted by molar-refractivity contribution is 6.08. The van der Waals surface area contributed by atoms with Crippen molar-refractivity contribution in [1.82, 2.24) is 0 Å². The van der Waals surface area contributed by atoms with Gasteiger partial charge in [0.05, 0.1) is 25.9 Å². The monoisotopic (exact) mass is 444 g/mol. The first-order valence-electron chi connectivity index (χ1n) is 10.9. The van der Waals surface area contributed by atoms with E-state index in [0.717, 1.165) is 46.1 Å². The van der Waals surface area contributed by atoms with Crippen LogP contribution in [-0.4, -0.2) is 44.8 Å². The normalized spacial score (nSPS) is 13.9. The van der Waals surface area contributed by atoms with Gasteiger partial charge in [-0.1, -0.05) is 30.3 Å². The minimum atomic E-state index is -0.483. The lowest BCUT2D eigenvalue weighted by molar-refractivity contribution is -0.146. The maximum absolute atomic E-state index is 12.4. The predicted octanol–water partition coefficient (Wildman–Crippen LogP) is 4.15. The molecule has 0 bridgehead atoms. The Balaban J connectivity index is 1.17. The first kappa shape index (κ1) is 21.0. The molecule has 0 atom stereocenters. The summed E-state index contributed by atoms with van der Waals surface area (Å²) in [6, 6.07) is 19.4. The van der Waals surface area contributed by atoms with Crippen molar-refractivity contribution in [2.75, 3.05) is 43.1 Å². The number of nitrogens with one attached hydrogen (secondary N) is 1. The van der Waals surface area contributed by atoms with Gasteiger partial charge in [0.1, 0.15) is 5.58 Å². The summed E-state index contributed by atoms with van der Waals surface area (Å²) in [7, 11) is 0. The van der Waals surface area contributed by atoms with Crippen LogP contribution >= 0.6 is 0 Å². The Morgan fingerprint density at radius 1 is 0.970 bits per heavy atom. The molecule has 0 aliphatic carbocycles. The van der Waals surface area contributed by atoms with Crippen LogP contribution in [0, 0.1) is 0 Å². The molecule has 0 saturated carbocycles. The summed E-state index contributed by atoms with van der Waals surface area (Å²) in [5.41, 5.74) is 3.20. The first-order chi connectivity index (χ1) is 16.2. The first-order valence-corrected chi connectivity index (χ1v) is 10.9. The number of hydrogen-bond donors (Lipinski definition) is 1. The molecule has 1 aromatic heterocycles. The molecule has 1 amide bonds. The number of benzene rings is 3. The topological polar surface area (TPSA) is 81.0 Å². The molecule has 1 fully saturated rings. The van der Waals surface area contributed by atoms with E-state index in [1.54, 1.807) is 6.26 Å². The number of rotatable bonds is 6. The van der Waals surface area contributed by atoms with E-state index in [2.05, 4.69) is 10.2 Å². The Morgan fingerprint density at radius 2 is 1.76 bits per heavy atom. The molecule has 1 saturated heterocycles. The highest BCUT2D eigenvalue weighted by Crippen LogP contribution is 2.30. The lowest BCUT2D eigenvalue weighted by Crippen LogP contribution is -2.36. The highest BCUT2D eigenvalue weighted by atomic mass is 16.5. The van der Waals surface area contributed by atoms with Crippen LogP contribution in [0.25, 0.3) is 21.7 Å². The molecule has 4 aromatic rings. The van der Waals surface area contributed by atoms with E-state index >= 15 is 0 Å². The maximum Gasteiger partial charge on any atom is 0.310 e. The number of fused-ring (bicyclic) bond motifs is 3. The molecular weight excluding hydrogens is 420 g/mol. The number of amides is 1. The van der Waals surface area contributed by atoms with Crippen molar-refractivity contribution >= 4 is 45.0 Å². The van der Waals surface area contributed by atoms with Gasteiger partial charge >= 0.3 is 5.97 Å². The Morgan fingerprint density at radius 3 is 2.58 bits per heavy atom. The van der Waals surface area contributed by atoms with Gasteiger partial charge in [-0.05, 0) is 41.1 Å². The van der Waals surface area contributed by atoms with Crippen LogP contribution in [-0.2, 0) is 25.5 Å². The lowest BCUT2D eigenvalue weighted by atomic mass is 10.0. The van der Waals surface area contributed by atoms with Crippen LogP contribution in [0.4, 0.5) is 11.4 Å². The third kappa shape index (κ3) is 4.68. The summed E-state index contributed by atoms with van der Waals surface area (Å²) in [6.45, 7) is 2.79. The van der Waals surface area contributed by atoms with Crippen molar-refractivity contribution in [3.05, 3.63) is 72.5 Å². The standard InChI is InChI=1S/C26H24N2O5/c29-24(27-20-6-8-21(9-7-20)28-11-13-31-14-12-28)17-33-25(30)15-19-16-32-23-10-5-18-3-1-2-4-22(18)26(19)23/h1-10,16H,11-15,17H2,(H,27,29). The quantitative estimate of drug-likeness (QED) is 0.450. The molecule has 0 unspecified atom stereocenters. The Kier molecular flexibility index (Phi) is 5.95. The summed E-state index contributed by atoms with van der Waals surface area (Å²) < 4.78 is 16.2. The average molecular weight is 444 g/mol. The molecular formula is C26H24N2O5. The number of carbonyl (C=O) groups excluding carboxylic acids is 2. The summed E-state index contributed by atoms with van der Waals surface area (Å²) >= 11 is 0. The largest absolute Gasteiger partial charge is 0.464 e. The lowest BCUT2D eigenvalue weighted by Gasteiger charge is -2.28. The van der Waals surface area contributed by atoms with Gasteiger partial charge in [0.15, 0.2) is 6.61 Å². The smallest absolute Gasteiger partial charge is 0.310 e. The maximum atomic E-state index is 12.4. The number of nitrogens with zero attached hydrogens (tertiary/aromatic N) is 1. The van der Waals surface area contributed by atoms with Crippen LogP contribution in [0.2, 0.25) is 0 Å². The minimum Gasteiger partial charge on any atom is -0.464 e. The predicted molar refractivity (Wildman–Crippen MR) is 126 cm³/mol. The van der Waals surface area contributed by atoms with Gasteiger partial charge in [-0.2, -0.15) is 0 Å². The average Bonchev–Trinajstić information content (AvgIpc) is 3.27. The van der Waals surface area contributed by atoms with Crippen molar-refractivity contribution in [2.24, 2.45) is 0 Å². The van der Waals surface area contributed by atoms with Gasteiger partial charge in [0.25, 0.3) is 5.91 Å². The van der Waals surface area contributed by atoms with E-state index in [0.29, 0.717) is 18.9 Å². The molecule has 7 heteroatoms. The van der Waals surface area contributed by atoms with Gasteiger partial charge in [0, 0.05) is 35.4 Å². The van der Waals surface area contributed by atoms with Gasteiger partial charge < -0.3 is 24.1 Å². The molecule has 0 spiro atoms. The van der Waals surface area contributed by atoms with E-state index in [-0.39, 0.29) is 18.9 Å². The zero-order valence-electron chi connectivity index (χ0n) is 18.1. The van der Waals surface area contributed by atoms with Crippen LogP contribution in [0.3, 0.4) is 0 Å². The minimum absolute atomic E-state index is 0.0303. The fourth-order valence-corrected chi connectivity index (χ4v) is 4.13. The van der Waals surface area contributed by atoms with Crippen molar-refractivity contribution in [1.29, 1.82) is 0 Å². The fraction of sp³-hybridized carbons (Fsp3) is 0.231. The number of morpholine rings is 1. The SMILES string of the molecule is O=C(COC(=O)Cc1coc2ccc3ccccc3c12)Nc1ccc(N2CCOCC2)cc1. The zero-order valence-corrected chi connectivity index (χ0v) is 18.1. The highest BCUT2D eigenvalue weighted by Gasteiger charge is 2.16. The third-order valence-corrected chi connectivity index (χ3v) is 5.77. The van der Waals surface area contributed by atoms with Gasteiger partial charge in [-0.25, -0.2) is 0 Å². The van der Waals surface area contributed by atoms with Crippen LogP contribution in [0.1, 0.15) is 5.56 Å². The van der Waals surface area contributed by atoms with E-state index in [1.807, 2.05) is 60.7 Å². The summed E-state index contributed by atoms with van der Waals surface area (Å²) in [5, 5.41) is 5.75. The van der Waals surface area contributed by atoms with E-state index in [1.165, 1.54) is 0 Å². The second-order valence-electron chi connectivity index (χ2n) is 7.95. The van der Waals surface area contributed by atoms with Gasteiger partial charge in [-0.15, -0.1) is 0 Å². The number of hydrogen-bond acceptors (Lipinski definition) is 6. The van der Waals surface area contributed by atoms with Crippen molar-refractivity contribution in [3.63, 3.8) is 0 Å². The van der Waals surface area contributed by atoms with Crippen molar-refractivity contribution < 1.29 is 23.5 Å². The molecule has 1 aliphatic rings. The Hall–Kier alpha value is -3.84. The summed E-state index contributed by atoms with van der Waals surface area (Å²) in [5.74, 6) is -0.867. The Bertz CT molecular complexity index is 1290. The number of furan rings is 1. The third-order valence-electron chi connectivity index (χ3n) is 5.77. The molecule has 3 aromatic carbocycles. The molecule has 168 valence electrons. The van der Waals surface area contributed by atoms with Crippen molar-refractivity contribution in [3.8, 4) is 0 Å². The van der Waals surface area contributed by atoms with E-state index in [4.69, 9.17) is 13.9 Å². The van der Waals surface area contributed by atoms with Crippen molar-refractivity contribution in [2.45, 2.75) is 6.42 Å². The van der Waals surface area contributed by atoms with E-state index < -0.39 is 5.97 Å². The second kappa shape index (κ2) is 9.34. The fourth-order valence-electron chi connectivity index (χ4n) is 4.13. The number of carbonyl (C=O) groups is 2. The molecule has 0 radical (unpaired) electrons. The van der Waals surface area contributed by atoms with Gasteiger partial charge in [0.2, 0.25) is 0 Å². The zero-order chi connectivity index (χ0) is 22.6. The molecule has 1 aliphatic heterocycles. The summed E-state index contributed by atoms with van der Waals surface area (Å²) in [4.78, 5) is 26.9. The molecule has 33 heavy (non-hydrogen) atoms. The van der Waals surface area contributed by atoms with Gasteiger partial charge in [-0.3, -0.25) is 9.59 Å². The van der Waals surface area contributed by atoms with Crippen LogP contribution in [0.5, 0.6) is 0 Å². The number of ether oxygens (including phenoxy) is 2. The Labute approximate surface area is 190 Å². The number of anilines is 2. The molecule has 2 heterocycles. The van der Waals surface area contributed by atoms with E-state index in [9.17, 15) is 9.59 Å². The summed E-state index contributed by atoms with van der Waals surface area (Å²) in [6.07, 6.45) is 1.61. The molecule has 1 N–H and O–H groups in total. The van der Waals surface area contributed by atoms with Crippen LogP contribution < -0.4 is 10.2 Å². The van der Waals surface area contributed by atoms with Crippen LogP contribution in [0.15, 0.2) is 71.3 Å².